The van der Waals surface area contributed by atoms with Crippen LogP contribution in [-0.2, 0) is 6.42 Å². The fraction of sp³-hybridized carbons (Fsp3) is 0.462. The normalized spacial score (nSPS) is 12.5. The van der Waals surface area contributed by atoms with Gasteiger partial charge in [0.2, 0.25) is 0 Å². The van der Waals surface area contributed by atoms with Gasteiger partial charge in [-0.2, -0.15) is 0 Å². The van der Waals surface area contributed by atoms with Gasteiger partial charge in [0.15, 0.2) is 0 Å². The maximum absolute atomic E-state index is 11.0. The molecule has 0 aliphatic rings. The van der Waals surface area contributed by atoms with Crippen LogP contribution >= 0.6 is 0 Å². The van der Waals surface area contributed by atoms with Gasteiger partial charge in [0.05, 0.1) is 0 Å². The number of benzene rings is 1. The molecule has 4 heteroatoms. The van der Waals surface area contributed by atoms with E-state index in [0.717, 1.165) is 5.56 Å². The molecule has 0 saturated heterocycles. The molecule has 1 aromatic carbocycles. The fourth-order valence-electron chi connectivity index (χ4n) is 1.74. The standard InChI is InChI=1S/C13H20N2O2/c1-10(2)15(13(16)17)9-12(14)8-11-6-4-3-5-7-11/h3-7,10,12H,8-9,14H2,1-2H3,(H,16,17). The first-order valence-electron chi connectivity index (χ1n) is 5.79. The van der Waals surface area contributed by atoms with Crippen molar-refractivity contribution >= 4 is 6.09 Å². The largest absolute Gasteiger partial charge is 0.465 e. The predicted octanol–water partition coefficient (Wildman–Crippen LogP) is 1.94. The molecule has 17 heavy (non-hydrogen) atoms. The summed E-state index contributed by atoms with van der Waals surface area (Å²) in [6.45, 7) is 4.06. The predicted molar refractivity (Wildman–Crippen MR) is 68.0 cm³/mol. The summed E-state index contributed by atoms with van der Waals surface area (Å²) in [6.07, 6.45) is -0.222. The molecule has 3 N–H and O–H groups in total. The van der Waals surface area contributed by atoms with Crippen molar-refractivity contribution in [2.75, 3.05) is 6.54 Å². The van der Waals surface area contributed by atoms with E-state index in [1.807, 2.05) is 44.2 Å². The number of nitrogens with zero attached hydrogens (tertiary/aromatic N) is 1. The zero-order chi connectivity index (χ0) is 12.8. The molecule has 4 nitrogen and oxygen atoms in total. The Bertz CT molecular complexity index is 352. The lowest BCUT2D eigenvalue weighted by molar-refractivity contribution is 0.128. The van der Waals surface area contributed by atoms with Crippen LogP contribution in [0.3, 0.4) is 0 Å². The van der Waals surface area contributed by atoms with E-state index in [-0.39, 0.29) is 12.1 Å². The molecule has 0 fully saturated rings. The molecule has 0 aromatic heterocycles. The molecule has 1 aromatic rings. The summed E-state index contributed by atoms with van der Waals surface area (Å²) in [6, 6.07) is 9.65. The molecule has 94 valence electrons. The summed E-state index contributed by atoms with van der Waals surface area (Å²) in [5.74, 6) is 0. The third-order valence-electron chi connectivity index (χ3n) is 2.64. The lowest BCUT2D eigenvalue weighted by Crippen LogP contribution is -2.45. The highest BCUT2D eigenvalue weighted by molar-refractivity contribution is 5.65. The molecule has 1 rings (SSSR count). The number of carboxylic acid groups (broad SMARTS) is 1. The van der Waals surface area contributed by atoms with Gasteiger partial charge in [0.25, 0.3) is 0 Å². The minimum absolute atomic E-state index is 0.0469. The molecule has 1 atom stereocenters. The molecule has 1 amide bonds. The Morgan fingerprint density at radius 3 is 2.41 bits per heavy atom. The van der Waals surface area contributed by atoms with E-state index in [1.54, 1.807) is 0 Å². The summed E-state index contributed by atoms with van der Waals surface area (Å²) in [5, 5.41) is 9.03. The fourth-order valence-corrected chi connectivity index (χ4v) is 1.74. The second-order valence-electron chi connectivity index (χ2n) is 4.48. The molecule has 0 aliphatic carbocycles. The lowest BCUT2D eigenvalue weighted by atomic mass is 10.1. The summed E-state index contributed by atoms with van der Waals surface area (Å²) in [5.41, 5.74) is 7.11. The lowest BCUT2D eigenvalue weighted by Gasteiger charge is -2.26. The smallest absolute Gasteiger partial charge is 0.407 e. The average Bonchev–Trinajstić information content (AvgIpc) is 2.26. The molecular formula is C13H20N2O2. The van der Waals surface area contributed by atoms with E-state index in [0.29, 0.717) is 13.0 Å². The maximum atomic E-state index is 11.0. The van der Waals surface area contributed by atoms with E-state index in [1.165, 1.54) is 4.90 Å². The molecule has 0 spiro atoms. The van der Waals surface area contributed by atoms with Gasteiger partial charge in [0, 0.05) is 18.6 Å². The monoisotopic (exact) mass is 236 g/mol. The van der Waals surface area contributed by atoms with Crippen molar-refractivity contribution < 1.29 is 9.90 Å². The van der Waals surface area contributed by atoms with E-state index < -0.39 is 6.09 Å². The SMILES string of the molecule is CC(C)N(CC(N)Cc1ccccc1)C(=O)O. The third-order valence-corrected chi connectivity index (χ3v) is 2.64. The van der Waals surface area contributed by atoms with Crippen LogP contribution < -0.4 is 5.73 Å². The number of hydrogen-bond donors (Lipinski definition) is 2. The van der Waals surface area contributed by atoms with Crippen molar-refractivity contribution in [2.24, 2.45) is 5.73 Å². The van der Waals surface area contributed by atoms with Crippen LogP contribution in [0, 0.1) is 0 Å². The molecule has 0 saturated carbocycles. The molecule has 0 heterocycles. The molecule has 1 unspecified atom stereocenters. The highest BCUT2D eigenvalue weighted by Gasteiger charge is 2.18. The van der Waals surface area contributed by atoms with Crippen molar-refractivity contribution in [2.45, 2.75) is 32.4 Å². The van der Waals surface area contributed by atoms with Crippen molar-refractivity contribution in [3.8, 4) is 0 Å². The van der Waals surface area contributed by atoms with E-state index in [4.69, 9.17) is 10.8 Å². The Balaban J connectivity index is 2.54. The van der Waals surface area contributed by atoms with Crippen molar-refractivity contribution in [1.29, 1.82) is 0 Å². The first-order chi connectivity index (χ1) is 8.00. The maximum Gasteiger partial charge on any atom is 0.407 e. The Morgan fingerprint density at radius 1 is 1.35 bits per heavy atom. The number of nitrogens with two attached hydrogens (primary N) is 1. The molecule has 0 bridgehead atoms. The van der Waals surface area contributed by atoms with Crippen LogP contribution in [0.1, 0.15) is 19.4 Å². The van der Waals surface area contributed by atoms with Crippen LogP contribution in [0.25, 0.3) is 0 Å². The Hall–Kier alpha value is -1.55. The summed E-state index contributed by atoms with van der Waals surface area (Å²) < 4.78 is 0. The summed E-state index contributed by atoms with van der Waals surface area (Å²) >= 11 is 0. The zero-order valence-electron chi connectivity index (χ0n) is 10.3. The van der Waals surface area contributed by atoms with Gasteiger partial charge in [-0.3, -0.25) is 0 Å². The second kappa shape index (κ2) is 6.25. The minimum atomic E-state index is -0.913. The highest BCUT2D eigenvalue weighted by Crippen LogP contribution is 2.05. The van der Waals surface area contributed by atoms with Crippen molar-refractivity contribution in [3.63, 3.8) is 0 Å². The topological polar surface area (TPSA) is 66.6 Å². The molecular weight excluding hydrogens is 216 g/mol. The van der Waals surface area contributed by atoms with Crippen LogP contribution in [0.15, 0.2) is 30.3 Å². The number of rotatable bonds is 5. The minimum Gasteiger partial charge on any atom is -0.465 e. The Kier molecular flexibility index (Phi) is 4.97. The van der Waals surface area contributed by atoms with Crippen LogP contribution in [0.5, 0.6) is 0 Å². The first-order valence-corrected chi connectivity index (χ1v) is 5.79. The second-order valence-corrected chi connectivity index (χ2v) is 4.48. The van der Waals surface area contributed by atoms with Gasteiger partial charge in [-0.25, -0.2) is 4.79 Å². The van der Waals surface area contributed by atoms with Gasteiger partial charge < -0.3 is 15.7 Å². The highest BCUT2D eigenvalue weighted by atomic mass is 16.4. The Labute approximate surface area is 102 Å². The van der Waals surface area contributed by atoms with E-state index in [9.17, 15) is 4.79 Å². The number of carbonyl (C=O) groups is 1. The number of amides is 1. The van der Waals surface area contributed by atoms with E-state index in [2.05, 4.69) is 0 Å². The van der Waals surface area contributed by atoms with Crippen LogP contribution in [0.2, 0.25) is 0 Å². The van der Waals surface area contributed by atoms with Gasteiger partial charge in [-0.15, -0.1) is 0 Å². The Morgan fingerprint density at radius 2 is 1.94 bits per heavy atom. The van der Waals surface area contributed by atoms with Gasteiger partial charge in [-0.1, -0.05) is 30.3 Å². The van der Waals surface area contributed by atoms with Crippen LogP contribution in [-0.4, -0.2) is 34.7 Å². The van der Waals surface area contributed by atoms with Crippen molar-refractivity contribution in [1.82, 2.24) is 4.90 Å². The van der Waals surface area contributed by atoms with Gasteiger partial charge in [-0.05, 0) is 25.8 Å². The zero-order valence-corrected chi connectivity index (χ0v) is 10.3. The van der Waals surface area contributed by atoms with Crippen LogP contribution in [0.4, 0.5) is 4.79 Å². The quantitative estimate of drug-likeness (QED) is 0.821. The third kappa shape index (κ3) is 4.44. The van der Waals surface area contributed by atoms with E-state index >= 15 is 0 Å². The molecule has 0 aliphatic heterocycles. The van der Waals surface area contributed by atoms with Gasteiger partial charge in [0.1, 0.15) is 0 Å². The number of hydrogen-bond acceptors (Lipinski definition) is 2. The van der Waals surface area contributed by atoms with Gasteiger partial charge >= 0.3 is 6.09 Å². The van der Waals surface area contributed by atoms with Crippen molar-refractivity contribution in [3.05, 3.63) is 35.9 Å². The summed E-state index contributed by atoms with van der Waals surface area (Å²) in [4.78, 5) is 12.4. The molecule has 0 radical (unpaired) electrons. The first kappa shape index (κ1) is 13.5. The average molecular weight is 236 g/mol. The summed E-state index contributed by atoms with van der Waals surface area (Å²) in [7, 11) is 0.